The monoisotopic (exact) mass is 275 g/mol. The fourth-order valence-corrected chi connectivity index (χ4v) is 2.28. The summed E-state index contributed by atoms with van der Waals surface area (Å²) in [5, 5.41) is 14.8. The molecule has 6 nitrogen and oxygen atoms in total. The summed E-state index contributed by atoms with van der Waals surface area (Å²) in [5.41, 5.74) is 0. The number of hydrogen-bond donors (Lipinski definition) is 3. The van der Waals surface area contributed by atoms with E-state index in [-0.39, 0.29) is 12.5 Å². The van der Waals surface area contributed by atoms with Crippen LogP contribution in [-0.2, 0) is 9.59 Å². The summed E-state index contributed by atoms with van der Waals surface area (Å²) in [5.74, 6) is -0.437. The Balaban J connectivity index is 2.32. The predicted molar refractivity (Wildman–Crippen MR) is 71.9 cm³/mol. The minimum atomic E-state index is -0.960. The lowest BCUT2D eigenvalue weighted by molar-refractivity contribution is -0.142. The van der Waals surface area contributed by atoms with Gasteiger partial charge in [0.25, 0.3) is 0 Å². The zero-order valence-corrected chi connectivity index (χ0v) is 11.5. The molecule has 1 aliphatic heterocycles. The third-order valence-corrected chi connectivity index (χ3v) is 3.46. The highest BCUT2D eigenvalue weighted by molar-refractivity contribution is 7.98. The molecule has 0 aliphatic carbocycles. The number of amides is 1. The lowest BCUT2D eigenvalue weighted by Gasteiger charge is -2.27. The van der Waals surface area contributed by atoms with Crippen LogP contribution in [-0.4, -0.2) is 72.7 Å². The number of nitrogens with zero attached hydrogens (tertiary/aromatic N) is 1. The lowest BCUT2D eigenvalue weighted by atomic mass is 10.2. The molecule has 1 amide bonds. The van der Waals surface area contributed by atoms with Crippen LogP contribution < -0.4 is 10.6 Å². The molecule has 0 radical (unpaired) electrons. The first-order chi connectivity index (χ1) is 8.63. The first-order valence-electron chi connectivity index (χ1n) is 6.07. The van der Waals surface area contributed by atoms with Gasteiger partial charge in [-0.05, 0) is 18.4 Å². The summed E-state index contributed by atoms with van der Waals surface area (Å²) in [6, 6.07) is -0.770. The summed E-state index contributed by atoms with van der Waals surface area (Å²) in [4.78, 5) is 24.8. The van der Waals surface area contributed by atoms with Gasteiger partial charge in [-0.25, -0.2) is 4.79 Å². The number of hydrogen-bond acceptors (Lipinski definition) is 5. The van der Waals surface area contributed by atoms with Crippen molar-refractivity contribution >= 4 is 23.6 Å². The number of aliphatic carboxylic acids is 1. The zero-order chi connectivity index (χ0) is 13.4. The van der Waals surface area contributed by atoms with Crippen molar-refractivity contribution in [2.75, 3.05) is 44.7 Å². The van der Waals surface area contributed by atoms with E-state index in [4.69, 9.17) is 5.11 Å². The first-order valence-corrected chi connectivity index (χ1v) is 7.47. The molecular formula is C11H21N3O3S. The minimum absolute atomic E-state index is 0.203. The number of carbonyl (C=O) groups excluding carboxylic acids is 1. The molecule has 1 saturated heterocycles. The molecule has 7 heteroatoms. The Morgan fingerprint density at radius 1 is 1.44 bits per heavy atom. The van der Waals surface area contributed by atoms with Gasteiger partial charge < -0.3 is 15.7 Å². The predicted octanol–water partition coefficient (Wildman–Crippen LogP) is -0.786. The van der Waals surface area contributed by atoms with Crippen LogP contribution in [0.3, 0.4) is 0 Å². The SMILES string of the molecule is CSCC[C@@H](NC(=O)CN1CCNCC1)C(=O)O. The van der Waals surface area contributed by atoms with E-state index in [0.29, 0.717) is 6.42 Å². The maximum Gasteiger partial charge on any atom is 0.326 e. The van der Waals surface area contributed by atoms with E-state index < -0.39 is 12.0 Å². The van der Waals surface area contributed by atoms with E-state index in [1.165, 1.54) is 0 Å². The van der Waals surface area contributed by atoms with Crippen molar-refractivity contribution in [3.05, 3.63) is 0 Å². The Kier molecular flexibility index (Phi) is 7.07. The van der Waals surface area contributed by atoms with Crippen LogP contribution >= 0.6 is 11.8 Å². The summed E-state index contributed by atoms with van der Waals surface area (Å²) >= 11 is 1.58. The van der Waals surface area contributed by atoms with Crippen molar-refractivity contribution in [1.82, 2.24) is 15.5 Å². The van der Waals surface area contributed by atoms with E-state index >= 15 is 0 Å². The molecule has 0 aromatic rings. The Labute approximate surface area is 111 Å². The fourth-order valence-electron chi connectivity index (χ4n) is 1.81. The summed E-state index contributed by atoms with van der Waals surface area (Å²) < 4.78 is 0. The second-order valence-electron chi connectivity index (χ2n) is 4.27. The molecule has 1 fully saturated rings. The Morgan fingerprint density at radius 3 is 2.67 bits per heavy atom. The van der Waals surface area contributed by atoms with Crippen molar-refractivity contribution in [3.8, 4) is 0 Å². The molecule has 1 aliphatic rings. The van der Waals surface area contributed by atoms with Gasteiger partial charge in [-0.3, -0.25) is 9.69 Å². The average Bonchev–Trinajstić information content (AvgIpc) is 2.35. The van der Waals surface area contributed by atoms with Crippen molar-refractivity contribution in [2.24, 2.45) is 0 Å². The fraction of sp³-hybridized carbons (Fsp3) is 0.818. The van der Waals surface area contributed by atoms with Crippen LogP contribution in [0, 0.1) is 0 Å². The van der Waals surface area contributed by atoms with Crippen LogP contribution in [0.25, 0.3) is 0 Å². The second kappa shape index (κ2) is 8.34. The van der Waals surface area contributed by atoms with Crippen LogP contribution in [0.2, 0.25) is 0 Å². The van der Waals surface area contributed by atoms with Gasteiger partial charge in [0.1, 0.15) is 6.04 Å². The number of thioether (sulfide) groups is 1. The normalized spacial score (nSPS) is 18.3. The highest BCUT2D eigenvalue weighted by Crippen LogP contribution is 2.01. The molecule has 18 heavy (non-hydrogen) atoms. The molecule has 0 unspecified atom stereocenters. The maximum absolute atomic E-state index is 11.7. The second-order valence-corrected chi connectivity index (χ2v) is 5.25. The van der Waals surface area contributed by atoms with E-state index in [1.807, 2.05) is 11.2 Å². The maximum atomic E-state index is 11.7. The lowest BCUT2D eigenvalue weighted by Crippen LogP contribution is -2.50. The Morgan fingerprint density at radius 2 is 2.11 bits per heavy atom. The van der Waals surface area contributed by atoms with Crippen LogP contribution in [0.4, 0.5) is 0 Å². The molecule has 1 atom stereocenters. The highest BCUT2D eigenvalue weighted by Gasteiger charge is 2.21. The molecule has 0 saturated carbocycles. The third-order valence-electron chi connectivity index (χ3n) is 2.82. The summed E-state index contributed by atoms with van der Waals surface area (Å²) in [6.45, 7) is 3.70. The van der Waals surface area contributed by atoms with E-state index in [1.54, 1.807) is 11.8 Å². The van der Waals surface area contributed by atoms with Crippen molar-refractivity contribution < 1.29 is 14.7 Å². The molecule has 0 bridgehead atoms. The van der Waals surface area contributed by atoms with Crippen LogP contribution in [0.15, 0.2) is 0 Å². The topological polar surface area (TPSA) is 81.7 Å². The molecule has 0 spiro atoms. The van der Waals surface area contributed by atoms with E-state index in [9.17, 15) is 9.59 Å². The number of piperazine rings is 1. The van der Waals surface area contributed by atoms with Crippen molar-refractivity contribution in [2.45, 2.75) is 12.5 Å². The number of carbonyl (C=O) groups is 2. The van der Waals surface area contributed by atoms with Crippen molar-refractivity contribution in [3.63, 3.8) is 0 Å². The van der Waals surface area contributed by atoms with Crippen LogP contribution in [0.1, 0.15) is 6.42 Å². The number of nitrogens with one attached hydrogen (secondary N) is 2. The van der Waals surface area contributed by atoms with Crippen molar-refractivity contribution in [1.29, 1.82) is 0 Å². The standard InChI is InChI=1S/C11H21N3O3S/c1-18-7-2-9(11(16)17)13-10(15)8-14-5-3-12-4-6-14/h9,12H,2-8H2,1H3,(H,13,15)(H,16,17)/t9-/m1/s1. The molecule has 104 valence electrons. The quantitative estimate of drug-likeness (QED) is 0.565. The highest BCUT2D eigenvalue weighted by atomic mass is 32.2. The molecule has 3 N–H and O–H groups in total. The smallest absolute Gasteiger partial charge is 0.326 e. The van der Waals surface area contributed by atoms with Gasteiger partial charge in [-0.15, -0.1) is 0 Å². The molecule has 1 heterocycles. The van der Waals surface area contributed by atoms with Gasteiger partial charge in [0.05, 0.1) is 6.54 Å². The molecular weight excluding hydrogens is 254 g/mol. The number of rotatable bonds is 7. The van der Waals surface area contributed by atoms with Gasteiger partial charge in [-0.2, -0.15) is 11.8 Å². The van der Waals surface area contributed by atoms with Gasteiger partial charge in [0, 0.05) is 26.2 Å². The third kappa shape index (κ3) is 5.70. The summed E-state index contributed by atoms with van der Waals surface area (Å²) in [7, 11) is 0. The van der Waals surface area contributed by atoms with Gasteiger partial charge >= 0.3 is 5.97 Å². The van der Waals surface area contributed by atoms with Gasteiger partial charge in [0.15, 0.2) is 0 Å². The number of carboxylic acids is 1. The van der Waals surface area contributed by atoms with Gasteiger partial charge in [-0.1, -0.05) is 0 Å². The van der Waals surface area contributed by atoms with E-state index in [2.05, 4.69) is 10.6 Å². The first kappa shape index (κ1) is 15.3. The minimum Gasteiger partial charge on any atom is -0.480 e. The zero-order valence-electron chi connectivity index (χ0n) is 10.6. The molecule has 0 aromatic carbocycles. The summed E-state index contributed by atoms with van der Waals surface area (Å²) in [6.07, 6.45) is 2.38. The molecule has 1 rings (SSSR count). The van der Waals surface area contributed by atoms with Crippen LogP contribution in [0.5, 0.6) is 0 Å². The number of carboxylic acid groups (broad SMARTS) is 1. The molecule has 0 aromatic heterocycles. The Bertz CT molecular complexity index is 283. The van der Waals surface area contributed by atoms with E-state index in [0.717, 1.165) is 31.9 Å². The largest absolute Gasteiger partial charge is 0.480 e. The Hall–Kier alpha value is -0.790. The average molecular weight is 275 g/mol. The van der Waals surface area contributed by atoms with Gasteiger partial charge in [0.2, 0.25) is 5.91 Å².